The molecular formula is C23H28Cl2N2O3. The van der Waals surface area contributed by atoms with Crippen LogP contribution in [0.2, 0.25) is 10.0 Å². The molecule has 0 spiro atoms. The summed E-state index contributed by atoms with van der Waals surface area (Å²) < 4.78 is 5.72. The smallest absolute Gasteiger partial charge is 0.261 e. The first-order chi connectivity index (χ1) is 14.0. The molecule has 0 radical (unpaired) electrons. The molecule has 5 nitrogen and oxygen atoms in total. The molecule has 0 saturated heterocycles. The van der Waals surface area contributed by atoms with Crippen LogP contribution in [0.3, 0.4) is 0 Å². The third-order valence-corrected chi connectivity index (χ3v) is 5.21. The van der Waals surface area contributed by atoms with Gasteiger partial charge in [-0.2, -0.15) is 0 Å². The van der Waals surface area contributed by atoms with Gasteiger partial charge in [0.1, 0.15) is 11.8 Å². The van der Waals surface area contributed by atoms with Gasteiger partial charge in [0.2, 0.25) is 5.91 Å². The number of nitrogens with one attached hydrogen (secondary N) is 1. The molecule has 0 heterocycles. The average molecular weight is 451 g/mol. The maximum atomic E-state index is 13.1. The summed E-state index contributed by atoms with van der Waals surface area (Å²) in [6.45, 7) is 9.12. The summed E-state index contributed by atoms with van der Waals surface area (Å²) >= 11 is 12.6. The zero-order valence-corrected chi connectivity index (χ0v) is 19.5. The lowest BCUT2D eigenvalue weighted by molar-refractivity contribution is -0.142. The normalized spacial score (nSPS) is 12.2. The number of nitrogens with zero attached hydrogens (tertiary/aromatic N) is 1. The molecule has 2 aromatic carbocycles. The van der Waals surface area contributed by atoms with Crippen LogP contribution >= 0.6 is 23.2 Å². The number of ether oxygens (including phenoxy) is 1. The van der Waals surface area contributed by atoms with Crippen LogP contribution in [0.1, 0.15) is 38.8 Å². The molecule has 0 aliphatic carbocycles. The van der Waals surface area contributed by atoms with Gasteiger partial charge >= 0.3 is 0 Å². The predicted octanol–water partition coefficient (Wildman–Crippen LogP) is 5.01. The van der Waals surface area contributed by atoms with Crippen LogP contribution in [0, 0.1) is 6.92 Å². The van der Waals surface area contributed by atoms with E-state index in [2.05, 4.69) is 5.32 Å². The molecule has 0 aliphatic rings. The minimum atomic E-state index is -0.746. The first-order valence-corrected chi connectivity index (χ1v) is 10.5. The highest BCUT2D eigenvalue weighted by atomic mass is 35.5. The van der Waals surface area contributed by atoms with Crippen molar-refractivity contribution in [3.63, 3.8) is 0 Å². The molecular weight excluding hydrogens is 423 g/mol. The number of hydrogen-bond donors (Lipinski definition) is 1. The second-order valence-electron chi connectivity index (χ2n) is 8.19. The molecule has 2 amide bonds. The van der Waals surface area contributed by atoms with Crippen molar-refractivity contribution in [3.05, 3.63) is 63.6 Å². The monoisotopic (exact) mass is 450 g/mol. The number of carbonyl (C=O) groups excluding carboxylic acids is 2. The Hall–Kier alpha value is -2.24. The molecule has 0 bridgehead atoms. The highest BCUT2D eigenvalue weighted by Crippen LogP contribution is 2.27. The van der Waals surface area contributed by atoms with Crippen LogP contribution in [0.4, 0.5) is 0 Å². The topological polar surface area (TPSA) is 58.6 Å². The fraction of sp³-hybridized carbons (Fsp3) is 0.391. The number of amides is 2. The van der Waals surface area contributed by atoms with Crippen molar-refractivity contribution >= 4 is 35.0 Å². The third-order valence-electron chi connectivity index (χ3n) is 4.50. The van der Waals surface area contributed by atoms with Crippen molar-refractivity contribution in [2.24, 2.45) is 0 Å². The number of hydrogen-bond acceptors (Lipinski definition) is 3. The van der Waals surface area contributed by atoms with Crippen LogP contribution in [-0.4, -0.2) is 34.9 Å². The van der Waals surface area contributed by atoms with Crippen LogP contribution < -0.4 is 10.1 Å². The highest BCUT2D eigenvalue weighted by Gasteiger charge is 2.29. The second kappa shape index (κ2) is 10.2. The van der Waals surface area contributed by atoms with Gasteiger partial charge in [0.25, 0.3) is 5.91 Å². The van der Waals surface area contributed by atoms with Crippen LogP contribution in [0.15, 0.2) is 42.5 Å². The Morgan fingerprint density at radius 3 is 2.23 bits per heavy atom. The van der Waals surface area contributed by atoms with Crippen molar-refractivity contribution in [2.75, 3.05) is 6.61 Å². The first-order valence-electron chi connectivity index (χ1n) is 9.72. The fourth-order valence-electron chi connectivity index (χ4n) is 2.85. The molecule has 7 heteroatoms. The van der Waals surface area contributed by atoms with Crippen LogP contribution in [0.5, 0.6) is 5.75 Å². The third kappa shape index (κ3) is 6.64. The lowest BCUT2D eigenvalue weighted by Gasteiger charge is -2.31. The molecule has 2 rings (SSSR count). The van der Waals surface area contributed by atoms with E-state index in [1.54, 1.807) is 31.2 Å². The summed E-state index contributed by atoms with van der Waals surface area (Å²) in [5.41, 5.74) is 1.07. The maximum Gasteiger partial charge on any atom is 0.261 e. The van der Waals surface area contributed by atoms with E-state index in [0.29, 0.717) is 21.4 Å². The Kier molecular flexibility index (Phi) is 8.16. The summed E-state index contributed by atoms with van der Waals surface area (Å²) in [5, 5.41) is 3.78. The van der Waals surface area contributed by atoms with Gasteiger partial charge in [0, 0.05) is 27.7 Å². The minimum Gasteiger partial charge on any atom is -0.484 e. The summed E-state index contributed by atoms with van der Waals surface area (Å²) in [6.07, 6.45) is 0. The Bertz CT molecular complexity index is 889. The Labute approximate surface area is 188 Å². The molecule has 1 N–H and O–H groups in total. The van der Waals surface area contributed by atoms with E-state index in [0.717, 1.165) is 5.56 Å². The van der Waals surface area contributed by atoms with Crippen molar-refractivity contribution in [2.45, 2.75) is 52.7 Å². The van der Waals surface area contributed by atoms with Crippen molar-refractivity contribution in [1.82, 2.24) is 10.2 Å². The molecule has 30 heavy (non-hydrogen) atoms. The maximum absolute atomic E-state index is 13.1. The molecule has 0 fully saturated rings. The van der Waals surface area contributed by atoms with Gasteiger partial charge in [0.15, 0.2) is 6.61 Å². The molecule has 0 aliphatic heterocycles. The second-order valence-corrected chi connectivity index (χ2v) is 9.01. The van der Waals surface area contributed by atoms with Gasteiger partial charge in [-0.3, -0.25) is 9.59 Å². The van der Waals surface area contributed by atoms with Gasteiger partial charge in [-0.25, -0.2) is 0 Å². The standard InChI is InChI=1S/C23H28Cl2N2O3/c1-15-9-6-7-12-20(15)30-14-21(28)27(16(2)22(29)26-23(3,4)5)13-17-18(24)10-8-11-19(17)25/h6-12,16H,13-14H2,1-5H3,(H,26,29). The van der Waals surface area contributed by atoms with Crippen LogP contribution in [-0.2, 0) is 16.1 Å². The average Bonchev–Trinajstić information content (AvgIpc) is 2.65. The quantitative estimate of drug-likeness (QED) is 0.644. The van der Waals surface area contributed by atoms with Gasteiger partial charge in [0.05, 0.1) is 0 Å². The Morgan fingerprint density at radius 1 is 1.07 bits per heavy atom. The number of carbonyl (C=O) groups is 2. The Morgan fingerprint density at radius 2 is 1.67 bits per heavy atom. The van der Waals surface area contributed by atoms with E-state index < -0.39 is 11.6 Å². The van der Waals surface area contributed by atoms with Crippen molar-refractivity contribution in [1.29, 1.82) is 0 Å². The van der Waals surface area contributed by atoms with E-state index in [9.17, 15) is 9.59 Å². The summed E-state index contributed by atoms with van der Waals surface area (Å²) in [4.78, 5) is 27.3. The van der Waals surface area contributed by atoms with Gasteiger partial charge < -0.3 is 15.0 Å². The lowest BCUT2D eigenvalue weighted by Crippen LogP contribution is -2.53. The molecule has 0 saturated carbocycles. The van der Waals surface area contributed by atoms with Gasteiger partial charge in [-0.05, 0) is 58.4 Å². The first kappa shape index (κ1) is 24.0. The number of halogens is 2. The number of benzene rings is 2. The van der Waals surface area contributed by atoms with Crippen molar-refractivity contribution < 1.29 is 14.3 Å². The highest BCUT2D eigenvalue weighted by molar-refractivity contribution is 6.36. The molecule has 1 unspecified atom stereocenters. The summed E-state index contributed by atoms with van der Waals surface area (Å²) in [7, 11) is 0. The van der Waals surface area contributed by atoms with E-state index >= 15 is 0 Å². The summed E-state index contributed by atoms with van der Waals surface area (Å²) in [5.74, 6) is 0.00842. The molecule has 0 aromatic heterocycles. The van der Waals surface area contributed by atoms with E-state index in [4.69, 9.17) is 27.9 Å². The summed E-state index contributed by atoms with van der Waals surface area (Å²) in [6, 6.07) is 11.8. The zero-order chi connectivity index (χ0) is 22.5. The largest absolute Gasteiger partial charge is 0.484 e. The number of aryl methyl sites for hydroxylation is 1. The van der Waals surface area contributed by atoms with Crippen LogP contribution in [0.25, 0.3) is 0 Å². The molecule has 2 aromatic rings. The van der Waals surface area contributed by atoms with E-state index in [1.807, 2.05) is 45.9 Å². The minimum absolute atomic E-state index is 0.0905. The molecule has 162 valence electrons. The fourth-order valence-corrected chi connectivity index (χ4v) is 3.37. The predicted molar refractivity (Wildman–Crippen MR) is 121 cm³/mol. The number of rotatable bonds is 7. The zero-order valence-electron chi connectivity index (χ0n) is 18.0. The lowest BCUT2D eigenvalue weighted by atomic mass is 10.1. The van der Waals surface area contributed by atoms with E-state index in [1.165, 1.54) is 4.90 Å². The SMILES string of the molecule is Cc1ccccc1OCC(=O)N(Cc1c(Cl)cccc1Cl)C(C)C(=O)NC(C)(C)C. The van der Waals surface area contributed by atoms with Gasteiger partial charge in [-0.1, -0.05) is 47.5 Å². The number of para-hydroxylation sites is 1. The molecule has 1 atom stereocenters. The Balaban J connectivity index is 2.26. The van der Waals surface area contributed by atoms with E-state index in [-0.39, 0.29) is 25.0 Å². The van der Waals surface area contributed by atoms with Crippen molar-refractivity contribution in [3.8, 4) is 5.75 Å². The van der Waals surface area contributed by atoms with Gasteiger partial charge in [-0.15, -0.1) is 0 Å².